The van der Waals surface area contributed by atoms with Gasteiger partial charge in [0.1, 0.15) is 9.87 Å². The van der Waals surface area contributed by atoms with E-state index in [0.717, 1.165) is 25.7 Å². The molecule has 0 radical (unpaired) electrons. The first kappa shape index (κ1) is 15.0. The first-order chi connectivity index (χ1) is 9.16. The molecular formula is C16H22OS2. The molecule has 19 heavy (non-hydrogen) atoms. The first-order valence-corrected chi connectivity index (χ1v) is 8.41. The highest BCUT2D eigenvalue weighted by Crippen LogP contribution is 2.68. The van der Waals surface area contributed by atoms with Crippen molar-refractivity contribution in [3.05, 3.63) is 50.6 Å². The third kappa shape index (κ3) is 2.48. The van der Waals surface area contributed by atoms with Crippen LogP contribution in [-0.4, -0.2) is 20.4 Å². The normalized spacial score (nSPS) is 40.0. The van der Waals surface area contributed by atoms with E-state index in [1.165, 1.54) is 0 Å². The van der Waals surface area contributed by atoms with Gasteiger partial charge in [-0.05, 0) is 12.8 Å². The zero-order chi connectivity index (χ0) is 13.9. The molecule has 2 aliphatic heterocycles. The lowest BCUT2D eigenvalue weighted by molar-refractivity contribution is -0.0146. The van der Waals surface area contributed by atoms with Crippen LogP contribution in [-0.2, 0) is 4.74 Å². The molecule has 2 bridgehead atoms. The summed E-state index contributed by atoms with van der Waals surface area (Å²) in [6.45, 7) is 15.6. The smallest absolute Gasteiger partial charge is 0.131 e. The van der Waals surface area contributed by atoms with E-state index in [1.807, 2.05) is 47.8 Å². The summed E-state index contributed by atoms with van der Waals surface area (Å²) >= 11 is 3.93. The molecular weight excluding hydrogens is 272 g/mol. The van der Waals surface area contributed by atoms with Gasteiger partial charge in [-0.25, -0.2) is 0 Å². The Morgan fingerprint density at radius 1 is 0.789 bits per heavy atom. The number of thioether (sulfide) groups is 2. The van der Waals surface area contributed by atoms with Crippen molar-refractivity contribution in [1.82, 2.24) is 0 Å². The summed E-state index contributed by atoms with van der Waals surface area (Å²) in [5.74, 6) is 0. The minimum absolute atomic E-state index is 0.142. The van der Waals surface area contributed by atoms with Crippen molar-refractivity contribution in [1.29, 1.82) is 0 Å². The van der Waals surface area contributed by atoms with E-state index in [1.54, 1.807) is 0 Å². The van der Waals surface area contributed by atoms with Gasteiger partial charge in [0.05, 0.1) is 0 Å². The van der Waals surface area contributed by atoms with Crippen LogP contribution in [0.5, 0.6) is 0 Å². The third-order valence-electron chi connectivity index (χ3n) is 3.63. The maximum absolute atomic E-state index is 6.55. The third-order valence-corrected chi connectivity index (χ3v) is 7.51. The van der Waals surface area contributed by atoms with E-state index in [0.29, 0.717) is 10.5 Å². The molecule has 104 valence electrons. The molecule has 0 amide bonds. The Labute approximate surface area is 125 Å². The van der Waals surface area contributed by atoms with Gasteiger partial charge in [-0.1, -0.05) is 24.3 Å². The van der Waals surface area contributed by atoms with Crippen LogP contribution in [0.25, 0.3) is 0 Å². The molecule has 0 aromatic heterocycles. The van der Waals surface area contributed by atoms with Gasteiger partial charge >= 0.3 is 0 Å². The Balaban J connectivity index is 2.30. The molecule has 0 saturated carbocycles. The lowest BCUT2D eigenvalue weighted by Crippen LogP contribution is -2.35. The summed E-state index contributed by atoms with van der Waals surface area (Å²) in [4.78, 5) is -0.283. The highest BCUT2D eigenvalue weighted by atomic mass is 32.2. The monoisotopic (exact) mass is 294 g/mol. The highest BCUT2D eigenvalue weighted by molar-refractivity contribution is 8.09. The molecule has 1 nitrogen and oxygen atoms in total. The SMILES string of the molecule is C=CCC1SC2(CC=C)OC1(CC=C)SC2CC=C. The average molecular weight is 294 g/mol. The Kier molecular flexibility index (Phi) is 4.70. The molecule has 0 aromatic carbocycles. The predicted molar refractivity (Wildman–Crippen MR) is 88.6 cm³/mol. The van der Waals surface area contributed by atoms with Gasteiger partial charge in [-0.15, -0.1) is 49.8 Å². The fraction of sp³-hybridized carbons (Fsp3) is 0.500. The van der Waals surface area contributed by atoms with Gasteiger partial charge < -0.3 is 4.74 Å². The minimum atomic E-state index is -0.142. The maximum Gasteiger partial charge on any atom is 0.131 e. The summed E-state index contributed by atoms with van der Waals surface area (Å²) in [6, 6.07) is 0. The van der Waals surface area contributed by atoms with E-state index >= 15 is 0 Å². The number of hydrogen-bond acceptors (Lipinski definition) is 3. The Hall–Kier alpha value is -0.380. The fourth-order valence-electron chi connectivity index (χ4n) is 2.89. The molecule has 0 spiro atoms. The lowest BCUT2D eigenvalue weighted by Gasteiger charge is -2.35. The van der Waals surface area contributed by atoms with Crippen LogP contribution in [0.3, 0.4) is 0 Å². The van der Waals surface area contributed by atoms with Crippen LogP contribution in [0.2, 0.25) is 0 Å². The number of ether oxygens (including phenoxy) is 1. The van der Waals surface area contributed by atoms with Crippen LogP contribution in [0.1, 0.15) is 25.7 Å². The molecule has 0 aromatic rings. The lowest BCUT2D eigenvalue weighted by atomic mass is 10.1. The molecule has 2 saturated heterocycles. The number of fused-ring (bicyclic) bond motifs is 2. The molecule has 2 heterocycles. The molecule has 3 heteroatoms. The summed E-state index contributed by atoms with van der Waals surface area (Å²) in [6.07, 6.45) is 11.7. The van der Waals surface area contributed by atoms with Crippen LogP contribution in [0, 0.1) is 0 Å². The van der Waals surface area contributed by atoms with Crippen molar-refractivity contribution < 1.29 is 4.74 Å². The minimum Gasteiger partial charge on any atom is -0.344 e. The maximum atomic E-state index is 6.55. The van der Waals surface area contributed by atoms with E-state index in [-0.39, 0.29) is 9.87 Å². The summed E-state index contributed by atoms with van der Waals surface area (Å²) in [5.41, 5.74) is 0. The van der Waals surface area contributed by atoms with Crippen molar-refractivity contribution in [2.75, 3.05) is 0 Å². The van der Waals surface area contributed by atoms with Crippen molar-refractivity contribution in [2.45, 2.75) is 46.0 Å². The van der Waals surface area contributed by atoms with Crippen molar-refractivity contribution in [3.8, 4) is 0 Å². The quantitative estimate of drug-likeness (QED) is 0.587. The molecule has 0 N–H and O–H groups in total. The second kappa shape index (κ2) is 5.94. The van der Waals surface area contributed by atoms with Gasteiger partial charge in [0.25, 0.3) is 0 Å². The number of allylic oxidation sites excluding steroid dienone is 2. The Bertz CT molecular complexity index is 356. The largest absolute Gasteiger partial charge is 0.344 e. The van der Waals surface area contributed by atoms with E-state index < -0.39 is 0 Å². The topological polar surface area (TPSA) is 9.23 Å². The molecule has 2 rings (SSSR count). The van der Waals surface area contributed by atoms with Crippen LogP contribution in [0.15, 0.2) is 50.6 Å². The zero-order valence-corrected chi connectivity index (χ0v) is 13.0. The van der Waals surface area contributed by atoms with Crippen LogP contribution >= 0.6 is 23.5 Å². The second-order valence-corrected chi connectivity index (χ2v) is 7.96. The molecule has 4 unspecified atom stereocenters. The molecule has 4 atom stereocenters. The van der Waals surface area contributed by atoms with E-state index in [2.05, 4.69) is 26.3 Å². The van der Waals surface area contributed by atoms with Crippen molar-refractivity contribution in [2.24, 2.45) is 0 Å². The zero-order valence-electron chi connectivity index (χ0n) is 11.3. The summed E-state index contributed by atoms with van der Waals surface area (Å²) in [7, 11) is 0. The van der Waals surface area contributed by atoms with E-state index in [4.69, 9.17) is 4.74 Å². The van der Waals surface area contributed by atoms with Gasteiger partial charge in [-0.2, -0.15) is 0 Å². The van der Waals surface area contributed by atoms with Gasteiger partial charge in [0.2, 0.25) is 0 Å². The molecule has 2 aliphatic rings. The van der Waals surface area contributed by atoms with Crippen molar-refractivity contribution >= 4 is 23.5 Å². The predicted octanol–water partition coefficient (Wildman–Crippen LogP) is 4.93. The van der Waals surface area contributed by atoms with Gasteiger partial charge in [0, 0.05) is 23.3 Å². The first-order valence-electron chi connectivity index (χ1n) is 6.65. The molecule has 0 aliphatic carbocycles. The Morgan fingerprint density at radius 2 is 1.21 bits per heavy atom. The fourth-order valence-corrected chi connectivity index (χ4v) is 6.96. The standard InChI is InChI=1S/C16H22OS2/c1-5-9-13-15(11-7-3)17-16(18-13,12-8-4)14(19-15)10-6-2/h5-8,13-14H,1-4,9-12H2. The van der Waals surface area contributed by atoms with Gasteiger partial charge in [0.15, 0.2) is 0 Å². The highest BCUT2D eigenvalue weighted by Gasteiger charge is 2.65. The van der Waals surface area contributed by atoms with Crippen molar-refractivity contribution in [3.63, 3.8) is 0 Å². The summed E-state index contributed by atoms with van der Waals surface area (Å²) < 4.78 is 6.55. The molecule has 2 fully saturated rings. The summed E-state index contributed by atoms with van der Waals surface area (Å²) in [5, 5.41) is 0.906. The Morgan fingerprint density at radius 3 is 1.53 bits per heavy atom. The average Bonchev–Trinajstić information content (AvgIpc) is 2.81. The number of rotatable bonds is 8. The van der Waals surface area contributed by atoms with E-state index in [9.17, 15) is 0 Å². The second-order valence-electron chi connectivity index (χ2n) is 4.97. The van der Waals surface area contributed by atoms with Crippen LogP contribution in [0.4, 0.5) is 0 Å². The van der Waals surface area contributed by atoms with Crippen LogP contribution < -0.4 is 0 Å². The van der Waals surface area contributed by atoms with Gasteiger partial charge in [-0.3, -0.25) is 0 Å². The number of hydrogen-bond donors (Lipinski definition) is 0.